The molecule has 0 spiro atoms. The smallest absolute Gasteiger partial charge is 0.227 e. The number of hydrogen-bond acceptors (Lipinski definition) is 3. The van der Waals surface area contributed by atoms with Gasteiger partial charge in [-0.05, 0) is 109 Å². The van der Waals surface area contributed by atoms with Gasteiger partial charge in [0.25, 0.3) is 0 Å². The van der Waals surface area contributed by atoms with Gasteiger partial charge in [-0.15, -0.1) is 0 Å². The van der Waals surface area contributed by atoms with Gasteiger partial charge in [0.05, 0.1) is 5.69 Å². The summed E-state index contributed by atoms with van der Waals surface area (Å²) in [6.07, 6.45) is 0. The highest BCUT2D eigenvalue weighted by Crippen LogP contribution is 2.46. The van der Waals surface area contributed by atoms with E-state index in [1.54, 1.807) is 0 Å². The maximum absolute atomic E-state index is 6.73. The number of nitrogens with zero attached hydrogens (tertiary/aromatic N) is 2. The van der Waals surface area contributed by atoms with Crippen molar-refractivity contribution in [3.63, 3.8) is 0 Å². The fraction of sp³-hybridized carbons (Fsp3) is 0. The molecule has 0 unspecified atom stereocenters. The molecule has 0 bridgehead atoms. The highest BCUT2D eigenvalue weighted by Gasteiger charge is 2.21. The molecule has 3 heteroatoms. The zero-order chi connectivity index (χ0) is 37.0. The van der Waals surface area contributed by atoms with Gasteiger partial charge < -0.3 is 9.32 Å². The van der Waals surface area contributed by atoms with E-state index in [1.807, 2.05) is 30.3 Å². The van der Waals surface area contributed by atoms with Crippen LogP contribution in [0.5, 0.6) is 0 Å². The fourth-order valence-corrected chi connectivity index (χ4v) is 8.40. The second kappa shape index (κ2) is 13.1. The van der Waals surface area contributed by atoms with Crippen LogP contribution < -0.4 is 4.90 Å². The van der Waals surface area contributed by atoms with Gasteiger partial charge in [-0.1, -0.05) is 152 Å². The Hall–Kier alpha value is -7.49. The minimum absolute atomic E-state index is 0.617. The van der Waals surface area contributed by atoms with Crippen molar-refractivity contribution in [1.82, 2.24) is 4.98 Å². The van der Waals surface area contributed by atoms with E-state index in [0.717, 1.165) is 66.4 Å². The van der Waals surface area contributed by atoms with E-state index in [2.05, 4.69) is 181 Å². The molecule has 0 aliphatic rings. The van der Waals surface area contributed by atoms with E-state index in [1.165, 1.54) is 32.7 Å². The minimum atomic E-state index is 0.617. The molecule has 11 rings (SSSR count). The molecular formula is C53H34N2O. The Bertz CT molecular complexity index is 3240. The monoisotopic (exact) mass is 714 g/mol. The highest BCUT2D eigenvalue weighted by molar-refractivity contribution is 6.22. The Morgan fingerprint density at radius 2 is 0.946 bits per heavy atom. The molecule has 0 saturated heterocycles. The Balaban J connectivity index is 1.23. The summed E-state index contributed by atoms with van der Waals surface area (Å²) in [5, 5.41) is 9.30. The van der Waals surface area contributed by atoms with Gasteiger partial charge in [0.1, 0.15) is 5.52 Å². The van der Waals surface area contributed by atoms with E-state index >= 15 is 0 Å². The number of aromatic nitrogens is 1. The van der Waals surface area contributed by atoms with Crippen molar-refractivity contribution in [2.24, 2.45) is 0 Å². The van der Waals surface area contributed by atoms with Crippen molar-refractivity contribution < 1.29 is 4.42 Å². The molecule has 0 aliphatic heterocycles. The first-order valence-electron chi connectivity index (χ1n) is 19.0. The van der Waals surface area contributed by atoms with Gasteiger partial charge in [-0.2, -0.15) is 0 Å². The van der Waals surface area contributed by atoms with Crippen molar-refractivity contribution >= 4 is 71.3 Å². The standard InChI is InChI=1S/C53H34N2O/c1-4-14-35(15-5-1)44-22-12-13-23-50(44)55(41-28-26-38-25-24-37-18-10-11-21-43(37)47(38)33-41)42-29-30-45-46(36-16-6-2-7-17-36)32-40-27-31-49-52(51(40)48(45)34-42)56-53(54-49)39-19-8-3-9-20-39/h1-34H. The van der Waals surface area contributed by atoms with Crippen LogP contribution >= 0.6 is 0 Å². The molecule has 0 atom stereocenters. The van der Waals surface area contributed by atoms with Gasteiger partial charge in [-0.25, -0.2) is 4.98 Å². The third kappa shape index (κ3) is 5.32. The number of hydrogen-bond donors (Lipinski definition) is 0. The number of fused-ring (bicyclic) bond motifs is 8. The van der Waals surface area contributed by atoms with E-state index < -0.39 is 0 Å². The van der Waals surface area contributed by atoms with Crippen LogP contribution in [0.3, 0.4) is 0 Å². The Morgan fingerprint density at radius 3 is 1.71 bits per heavy atom. The summed E-state index contributed by atoms with van der Waals surface area (Å²) in [6.45, 7) is 0. The van der Waals surface area contributed by atoms with Gasteiger partial charge in [0.2, 0.25) is 5.89 Å². The summed E-state index contributed by atoms with van der Waals surface area (Å²) in [5.41, 5.74) is 10.5. The molecule has 1 heterocycles. The lowest BCUT2D eigenvalue weighted by Gasteiger charge is -2.29. The molecule has 0 saturated carbocycles. The van der Waals surface area contributed by atoms with Crippen molar-refractivity contribution in [2.45, 2.75) is 0 Å². The van der Waals surface area contributed by atoms with Crippen molar-refractivity contribution in [3.8, 4) is 33.7 Å². The summed E-state index contributed by atoms with van der Waals surface area (Å²) in [7, 11) is 0. The molecule has 0 N–H and O–H groups in total. The van der Waals surface area contributed by atoms with Gasteiger partial charge in [0, 0.05) is 27.9 Å². The predicted molar refractivity (Wildman–Crippen MR) is 235 cm³/mol. The molecule has 10 aromatic carbocycles. The summed E-state index contributed by atoms with van der Waals surface area (Å²) >= 11 is 0. The zero-order valence-corrected chi connectivity index (χ0v) is 30.4. The van der Waals surface area contributed by atoms with E-state index in [0.29, 0.717) is 5.89 Å². The largest absolute Gasteiger partial charge is 0.435 e. The zero-order valence-electron chi connectivity index (χ0n) is 30.4. The van der Waals surface area contributed by atoms with Crippen LogP contribution in [0.25, 0.3) is 87.9 Å². The topological polar surface area (TPSA) is 29.3 Å². The molecule has 11 aromatic rings. The molecule has 3 nitrogen and oxygen atoms in total. The Kier molecular flexibility index (Phi) is 7.49. The Morgan fingerprint density at radius 1 is 0.375 bits per heavy atom. The van der Waals surface area contributed by atoms with Gasteiger partial charge in [-0.3, -0.25) is 0 Å². The fourth-order valence-electron chi connectivity index (χ4n) is 8.40. The molecule has 0 fully saturated rings. The molecular weight excluding hydrogens is 681 g/mol. The number of benzene rings is 10. The molecule has 0 radical (unpaired) electrons. The summed E-state index contributed by atoms with van der Waals surface area (Å²) < 4.78 is 6.73. The van der Waals surface area contributed by atoms with Crippen molar-refractivity contribution in [1.29, 1.82) is 0 Å². The van der Waals surface area contributed by atoms with Crippen LogP contribution in [0.4, 0.5) is 17.1 Å². The van der Waals surface area contributed by atoms with Gasteiger partial charge >= 0.3 is 0 Å². The first-order valence-corrected chi connectivity index (χ1v) is 19.0. The normalized spacial score (nSPS) is 11.6. The van der Waals surface area contributed by atoms with Crippen LogP contribution in [-0.2, 0) is 0 Å². The van der Waals surface area contributed by atoms with Crippen molar-refractivity contribution in [3.05, 3.63) is 206 Å². The predicted octanol–water partition coefficient (Wildman–Crippen LogP) is 14.9. The lowest BCUT2D eigenvalue weighted by atomic mass is 9.92. The maximum Gasteiger partial charge on any atom is 0.227 e. The number of para-hydroxylation sites is 1. The average molecular weight is 715 g/mol. The summed E-state index contributed by atoms with van der Waals surface area (Å²) in [4.78, 5) is 7.41. The molecule has 262 valence electrons. The van der Waals surface area contributed by atoms with Crippen LogP contribution in [0, 0.1) is 0 Å². The lowest BCUT2D eigenvalue weighted by Crippen LogP contribution is -2.11. The molecule has 0 amide bonds. The minimum Gasteiger partial charge on any atom is -0.435 e. The lowest BCUT2D eigenvalue weighted by molar-refractivity contribution is 0.623. The molecule has 1 aromatic heterocycles. The number of oxazole rings is 1. The van der Waals surface area contributed by atoms with Crippen LogP contribution in [0.15, 0.2) is 211 Å². The van der Waals surface area contributed by atoms with E-state index in [9.17, 15) is 0 Å². The first kappa shape index (κ1) is 32.0. The third-order valence-corrected chi connectivity index (χ3v) is 11.0. The van der Waals surface area contributed by atoms with E-state index in [4.69, 9.17) is 9.40 Å². The van der Waals surface area contributed by atoms with Crippen molar-refractivity contribution in [2.75, 3.05) is 4.90 Å². The first-order chi connectivity index (χ1) is 27.8. The number of anilines is 3. The summed E-state index contributed by atoms with van der Waals surface area (Å²) in [5.74, 6) is 0.617. The molecule has 0 aliphatic carbocycles. The maximum atomic E-state index is 6.73. The molecule has 56 heavy (non-hydrogen) atoms. The average Bonchev–Trinajstić information content (AvgIpc) is 3.72. The highest BCUT2D eigenvalue weighted by atomic mass is 16.3. The Labute approximate surface area is 324 Å². The van der Waals surface area contributed by atoms with Crippen LogP contribution in [0.1, 0.15) is 0 Å². The summed E-state index contributed by atoms with van der Waals surface area (Å²) in [6, 6.07) is 73.6. The quantitative estimate of drug-likeness (QED) is 0.161. The van der Waals surface area contributed by atoms with E-state index in [-0.39, 0.29) is 0 Å². The van der Waals surface area contributed by atoms with Gasteiger partial charge in [0.15, 0.2) is 5.58 Å². The third-order valence-electron chi connectivity index (χ3n) is 11.0. The SMILES string of the molecule is c1ccc(-c2nc3ccc4cc(-c5ccccc5)c5ccc(N(c6ccc7ccc8ccccc8c7c6)c6ccccc6-c6ccccc6)cc5c4c3o2)cc1. The number of rotatable bonds is 6. The second-order valence-corrected chi connectivity index (χ2v) is 14.3. The van der Waals surface area contributed by atoms with Crippen LogP contribution in [-0.4, -0.2) is 4.98 Å². The van der Waals surface area contributed by atoms with Crippen LogP contribution in [0.2, 0.25) is 0 Å². The second-order valence-electron chi connectivity index (χ2n) is 14.3.